The van der Waals surface area contributed by atoms with Crippen molar-refractivity contribution in [1.82, 2.24) is 4.90 Å². The Hall–Kier alpha value is -1.55. The SMILES string of the molecule is CCC(CC)CN(CC)C(=O)Nc1ccc(CN)cc1. The minimum atomic E-state index is -0.0279. The zero-order valence-corrected chi connectivity index (χ0v) is 12.9. The molecule has 0 fully saturated rings. The molecule has 0 unspecified atom stereocenters. The van der Waals surface area contributed by atoms with Gasteiger partial charge in [0, 0.05) is 25.3 Å². The summed E-state index contributed by atoms with van der Waals surface area (Å²) in [5, 5.41) is 2.94. The average molecular weight is 277 g/mol. The van der Waals surface area contributed by atoms with Crippen LogP contribution in [0.25, 0.3) is 0 Å². The van der Waals surface area contributed by atoms with Crippen LogP contribution in [0.1, 0.15) is 39.2 Å². The number of amides is 2. The number of carbonyl (C=O) groups excluding carboxylic acids is 1. The van der Waals surface area contributed by atoms with Crippen LogP contribution in [0.2, 0.25) is 0 Å². The zero-order chi connectivity index (χ0) is 15.0. The van der Waals surface area contributed by atoms with Gasteiger partial charge in [-0.2, -0.15) is 0 Å². The first kappa shape index (κ1) is 16.5. The molecule has 0 aromatic heterocycles. The van der Waals surface area contributed by atoms with E-state index in [1.807, 2.05) is 36.1 Å². The van der Waals surface area contributed by atoms with Gasteiger partial charge in [-0.05, 0) is 30.5 Å². The van der Waals surface area contributed by atoms with Crippen molar-refractivity contribution < 1.29 is 4.79 Å². The lowest BCUT2D eigenvalue weighted by Gasteiger charge is -2.25. The Morgan fingerprint density at radius 2 is 1.80 bits per heavy atom. The summed E-state index contributed by atoms with van der Waals surface area (Å²) in [6, 6.07) is 7.63. The quantitative estimate of drug-likeness (QED) is 0.802. The zero-order valence-electron chi connectivity index (χ0n) is 12.9. The Labute approximate surface area is 122 Å². The predicted molar refractivity (Wildman–Crippen MR) is 84.7 cm³/mol. The molecule has 1 aromatic rings. The summed E-state index contributed by atoms with van der Waals surface area (Å²) in [6.07, 6.45) is 2.21. The Morgan fingerprint density at radius 3 is 2.25 bits per heavy atom. The molecule has 1 aromatic carbocycles. The lowest BCUT2D eigenvalue weighted by molar-refractivity contribution is 0.202. The minimum Gasteiger partial charge on any atom is -0.326 e. The van der Waals surface area contributed by atoms with Gasteiger partial charge in [-0.1, -0.05) is 38.8 Å². The molecule has 0 atom stereocenters. The van der Waals surface area contributed by atoms with Crippen molar-refractivity contribution in [2.75, 3.05) is 18.4 Å². The van der Waals surface area contributed by atoms with Crippen molar-refractivity contribution in [3.05, 3.63) is 29.8 Å². The monoisotopic (exact) mass is 277 g/mol. The number of rotatable bonds is 7. The van der Waals surface area contributed by atoms with Gasteiger partial charge < -0.3 is 16.0 Å². The number of carbonyl (C=O) groups is 1. The number of hydrogen-bond acceptors (Lipinski definition) is 2. The second-order valence-corrected chi connectivity index (χ2v) is 5.05. The highest BCUT2D eigenvalue weighted by Gasteiger charge is 2.15. The van der Waals surface area contributed by atoms with E-state index >= 15 is 0 Å². The van der Waals surface area contributed by atoms with E-state index in [4.69, 9.17) is 5.73 Å². The first-order chi connectivity index (χ1) is 9.64. The molecule has 0 spiro atoms. The van der Waals surface area contributed by atoms with Crippen LogP contribution in [-0.2, 0) is 6.54 Å². The fourth-order valence-corrected chi connectivity index (χ4v) is 2.14. The van der Waals surface area contributed by atoms with E-state index in [-0.39, 0.29) is 6.03 Å². The smallest absolute Gasteiger partial charge is 0.321 e. The number of anilines is 1. The van der Waals surface area contributed by atoms with Crippen molar-refractivity contribution in [1.29, 1.82) is 0 Å². The third-order valence-corrected chi connectivity index (χ3v) is 3.74. The number of urea groups is 1. The second-order valence-electron chi connectivity index (χ2n) is 5.05. The van der Waals surface area contributed by atoms with E-state index in [1.165, 1.54) is 0 Å². The lowest BCUT2D eigenvalue weighted by atomic mass is 10.0. The van der Waals surface area contributed by atoms with Gasteiger partial charge in [0.15, 0.2) is 0 Å². The fraction of sp³-hybridized carbons (Fsp3) is 0.562. The molecule has 0 saturated carbocycles. The fourth-order valence-electron chi connectivity index (χ4n) is 2.14. The summed E-state index contributed by atoms with van der Waals surface area (Å²) < 4.78 is 0. The lowest BCUT2D eigenvalue weighted by Crippen LogP contribution is -2.38. The Morgan fingerprint density at radius 1 is 1.20 bits per heavy atom. The molecular formula is C16H27N3O. The molecule has 4 nitrogen and oxygen atoms in total. The molecule has 0 aliphatic heterocycles. The van der Waals surface area contributed by atoms with Crippen molar-refractivity contribution >= 4 is 11.7 Å². The van der Waals surface area contributed by atoms with E-state index in [0.29, 0.717) is 12.5 Å². The van der Waals surface area contributed by atoms with Crippen LogP contribution >= 0.6 is 0 Å². The molecule has 3 N–H and O–H groups in total. The van der Waals surface area contributed by atoms with Gasteiger partial charge in [0.1, 0.15) is 0 Å². The standard InChI is InChI=1S/C16H27N3O/c1-4-13(5-2)12-19(6-3)16(20)18-15-9-7-14(11-17)8-10-15/h7-10,13H,4-6,11-12,17H2,1-3H3,(H,18,20). The van der Waals surface area contributed by atoms with Crippen LogP contribution in [-0.4, -0.2) is 24.0 Å². The van der Waals surface area contributed by atoms with Crippen molar-refractivity contribution in [3.8, 4) is 0 Å². The van der Waals surface area contributed by atoms with Gasteiger partial charge in [-0.25, -0.2) is 4.79 Å². The molecule has 0 heterocycles. The first-order valence-corrected chi connectivity index (χ1v) is 7.49. The maximum absolute atomic E-state index is 12.3. The first-order valence-electron chi connectivity index (χ1n) is 7.49. The summed E-state index contributed by atoms with van der Waals surface area (Å²) in [5.41, 5.74) is 7.44. The molecule has 0 radical (unpaired) electrons. The Bertz CT molecular complexity index is 399. The van der Waals surface area contributed by atoms with Gasteiger partial charge in [0.2, 0.25) is 0 Å². The van der Waals surface area contributed by atoms with Crippen LogP contribution in [0.4, 0.5) is 10.5 Å². The van der Waals surface area contributed by atoms with Crippen molar-refractivity contribution in [2.24, 2.45) is 11.7 Å². The van der Waals surface area contributed by atoms with Crippen LogP contribution in [0, 0.1) is 5.92 Å². The van der Waals surface area contributed by atoms with Gasteiger partial charge >= 0.3 is 6.03 Å². The normalized spacial score (nSPS) is 10.7. The third kappa shape index (κ3) is 4.85. The minimum absolute atomic E-state index is 0.0279. The molecule has 1 rings (SSSR count). The van der Waals surface area contributed by atoms with Crippen molar-refractivity contribution in [2.45, 2.75) is 40.2 Å². The van der Waals surface area contributed by atoms with Crippen LogP contribution < -0.4 is 11.1 Å². The maximum Gasteiger partial charge on any atom is 0.321 e. The summed E-state index contributed by atoms with van der Waals surface area (Å²) in [4.78, 5) is 14.1. The summed E-state index contributed by atoms with van der Waals surface area (Å²) in [6.45, 7) is 8.42. The van der Waals surface area contributed by atoms with Gasteiger partial charge in [0.25, 0.3) is 0 Å². The Kier molecular flexibility index (Phi) is 7.09. The molecule has 2 amide bonds. The number of benzene rings is 1. The second kappa shape index (κ2) is 8.59. The molecule has 0 aliphatic carbocycles. The topological polar surface area (TPSA) is 58.4 Å². The highest BCUT2D eigenvalue weighted by molar-refractivity contribution is 5.89. The largest absolute Gasteiger partial charge is 0.326 e. The van der Waals surface area contributed by atoms with E-state index in [0.717, 1.165) is 37.2 Å². The predicted octanol–water partition coefficient (Wildman–Crippen LogP) is 3.44. The summed E-state index contributed by atoms with van der Waals surface area (Å²) in [7, 11) is 0. The molecular weight excluding hydrogens is 250 g/mol. The number of nitrogens with zero attached hydrogens (tertiary/aromatic N) is 1. The molecule has 112 valence electrons. The van der Waals surface area contributed by atoms with E-state index in [9.17, 15) is 4.79 Å². The summed E-state index contributed by atoms with van der Waals surface area (Å²) >= 11 is 0. The van der Waals surface area contributed by atoms with E-state index in [1.54, 1.807) is 0 Å². The molecule has 0 saturated heterocycles. The average Bonchev–Trinajstić information content (AvgIpc) is 2.49. The van der Waals surface area contributed by atoms with Crippen molar-refractivity contribution in [3.63, 3.8) is 0 Å². The van der Waals surface area contributed by atoms with Gasteiger partial charge in [-0.3, -0.25) is 0 Å². The van der Waals surface area contributed by atoms with Gasteiger partial charge in [-0.15, -0.1) is 0 Å². The number of hydrogen-bond donors (Lipinski definition) is 2. The van der Waals surface area contributed by atoms with E-state index < -0.39 is 0 Å². The van der Waals surface area contributed by atoms with Crippen LogP contribution in [0.3, 0.4) is 0 Å². The molecule has 0 bridgehead atoms. The third-order valence-electron chi connectivity index (χ3n) is 3.74. The highest BCUT2D eigenvalue weighted by Crippen LogP contribution is 2.13. The highest BCUT2D eigenvalue weighted by atomic mass is 16.2. The summed E-state index contributed by atoms with van der Waals surface area (Å²) in [5.74, 6) is 0.570. The van der Waals surface area contributed by atoms with Gasteiger partial charge in [0.05, 0.1) is 0 Å². The molecule has 4 heteroatoms. The van der Waals surface area contributed by atoms with Crippen LogP contribution in [0.15, 0.2) is 24.3 Å². The number of nitrogens with one attached hydrogen (secondary N) is 1. The molecule has 20 heavy (non-hydrogen) atoms. The maximum atomic E-state index is 12.3. The Balaban J connectivity index is 2.61. The van der Waals surface area contributed by atoms with E-state index in [2.05, 4.69) is 19.2 Å². The molecule has 0 aliphatic rings. The van der Waals surface area contributed by atoms with Crippen LogP contribution in [0.5, 0.6) is 0 Å². The number of nitrogens with two attached hydrogens (primary N) is 1.